The van der Waals surface area contributed by atoms with Gasteiger partial charge in [0.15, 0.2) is 0 Å². The van der Waals surface area contributed by atoms with E-state index < -0.39 is 0 Å². The predicted octanol–water partition coefficient (Wildman–Crippen LogP) is 2.83. The summed E-state index contributed by atoms with van der Waals surface area (Å²) < 4.78 is 5.32. The van der Waals surface area contributed by atoms with E-state index in [4.69, 9.17) is 4.74 Å². The molecule has 6 nitrogen and oxygen atoms in total. The van der Waals surface area contributed by atoms with E-state index in [9.17, 15) is 9.59 Å². The van der Waals surface area contributed by atoms with Gasteiger partial charge in [-0.1, -0.05) is 30.3 Å². The fourth-order valence-corrected chi connectivity index (χ4v) is 2.94. The van der Waals surface area contributed by atoms with E-state index in [0.717, 1.165) is 22.6 Å². The minimum absolute atomic E-state index is 0.0512. The number of carbonyl (C=O) groups is 2. The maximum Gasteiger partial charge on any atom is 0.239 e. The maximum absolute atomic E-state index is 12.1. The molecule has 6 heteroatoms. The number of hydrogen-bond acceptors (Lipinski definition) is 4. The third-order valence-corrected chi connectivity index (χ3v) is 4.49. The molecule has 150 valence electrons. The average Bonchev–Trinajstić information content (AvgIpc) is 2.71. The number of carbonyl (C=O) groups excluding carboxylic acids is 2. The zero-order valence-corrected chi connectivity index (χ0v) is 16.8. The fourth-order valence-electron chi connectivity index (χ4n) is 2.94. The first-order valence-corrected chi connectivity index (χ1v) is 9.50. The van der Waals surface area contributed by atoms with Crippen LogP contribution >= 0.6 is 0 Å². The topological polar surface area (TPSA) is 70.7 Å². The van der Waals surface area contributed by atoms with Gasteiger partial charge in [-0.3, -0.25) is 9.59 Å². The van der Waals surface area contributed by atoms with Crippen molar-refractivity contribution in [3.63, 3.8) is 0 Å². The number of ether oxygens (including phenoxy) is 1. The van der Waals surface area contributed by atoms with Crippen molar-refractivity contribution in [2.24, 2.45) is 0 Å². The van der Waals surface area contributed by atoms with E-state index in [1.54, 1.807) is 18.9 Å². The molecule has 2 rings (SSSR count). The number of para-hydroxylation sites is 1. The number of rotatable bonds is 10. The molecule has 2 N–H and O–H groups in total. The highest BCUT2D eigenvalue weighted by Gasteiger charge is 2.08. The molecule has 0 saturated carbocycles. The second-order valence-corrected chi connectivity index (χ2v) is 6.50. The third kappa shape index (κ3) is 6.61. The van der Waals surface area contributed by atoms with Crippen molar-refractivity contribution in [2.75, 3.05) is 32.1 Å². The highest BCUT2D eigenvalue weighted by molar-refractivity contribution is 5.80. The summed E-state index contributed by atoms with van der Waals surface area (Å²) in [5.41, 5.74) is 2.95. The van der Waals surface area contributed by atoms with Crippen LogP contribution in [0.1, 0.15) is 25.0 Å². The van der Waals surface area contributed by atoms with Gasteiger partial charge in [0.25, 0.3) is 0 Å². The molecule has 0 aliphatic heterocycles. The van der Waals surface area contributed by atoms with Crippen molar-refractivity contribution in [3.05, 3.63) is 59.7 Å². The van der Waals surface area contributed by atoms with Gasteiger partial charge in [0, 0.05) is 32.2 Å². The van der Waals surface area contributed by atoms with Crippen molar-refractivity contribution in [1.82, 2.24) is 10.2 Å². The lowest BCUT2D eigenvalue weighted by Crippen LogP contribution is -2.31. The molecule has 2 amide bonds. The molecule has 0 aliphatic carbocycles. The summed E-state index contributed by atoms with van der Waals surface area (Å²) in [6, 6.07) is 15.6. The summed E-state index contributed by atoms with van der Waals surface area (Å²) in [5.74, 6) is 0.813. The first kappa shape index (κ1) is 21.3. The van der Waals surface area contributed by atoms with Crippen LogP contribution in [0.3, 0.4) is 0 Å². The molecule has 0 spiro atoms. The zero-order chi connectivity index (χ0) is 20.4. The van der Waals surface area contributed by atoms with Crippen LogP contribution in [0, 0.1) is 0 Å². The number of nitrogens with zero attached hydrogens (tertiary/aromatic N) is 1. The smallest absolute Gasteiger partial charge is 0.239 e. The van der Waals surface area contributed by atoms with Crippen LogP contribution in [0.4, 0.5) is 5.69 Å². The van der Waals surface area contributed by atoms with Crippen LogP contribution in [0.2, 0.25) is 0 Å². The predicted molar refractivity (Wildman–Crippen MR) is 111 cm³/mol. The zero-order valence-electron chi connectivity index (χ0n) is 16.8. The Morgan fingerprint density at radius 3 is 2.61 bits per heavy atom. The first-order chi connectivity index (χ1) is 13.5. The highest BCUT2D eigenvalue weighted by atomic mass is 16.5. The minimum Gasteiger partial charge on any atom is -0.496 e. The molecule has 0 aromatic heterocycles. The molecule has 0 unspecified atom stereocenters. The van der Waals surface area contributed by atoms with Gasteiger partial charge in [0.2, 0.25) is 11.8 Å². The summed E-state index contributed by atoms with van der Waals surface area (Å²) in [5, 5.41) is 6.05. The van der Waals surface area contributed by atoms with Crippen LogP contribution < -0.4 is 15.4 Å². The van der Waals surface area contributed by atoms with Crippen LogP contribution in [0.5, 0.6) is 5.75 Å². The molecule has 0 bridgehead atoms. The van der Waals surface area contributed by atoms with Gasteiger partial charge in [-0.15, -0.1) is 0 Å². The Kier molecular flexibility index (Phi) is 8.34. The van der Waals surface area contributed by atoms with Crippen LogP contribution in [-0.2, 0) is 22.6 Å². The summed E-state index contributed by atoms with van der Waals surface area (Å²) in [4.78, 5) is 25.4. The van der Waals surface area contributed by atoms with E-state index in [1.165, 1.54) is 0 Å². The number of methoxy groups -OCH3 is 1. The fraction of sp³-hybridized carbons (Fsp3) is 0.364. The first-order valence-electron chi connectivity index (χ1n) is 9.50. The summed E-state index contributed by atoms with van der Waals surface area (Å²) in [6.45, 7) is 5.50. The van der Waals surface area contributed by atoms with Gasteiger partial charge in [-0.2, -0.15) is 0 Å². The minimum atomic E-state index is -0.0702. The molecule has 0 heterocycles. The largest absolute Gasteiger partial charge is 0.496 e. The Morgan fingerprint density at radius 2 is 1.89 bits per heavy atom. The Bertz CT molecular complexity index is 792. The standard InChI is InChI=1S/C22H29N3O3/c1-4-25(17(2)26)16-18-8-7-10-20(14-18)24-15-22(27)23-13-12-19-9-5-6-11-21(19)28-3/h5-11,14,24H,4,12-13,15-16H2,1-3H3,(H,23,27). The highest BCUT2D eigenvalue weighted by Crippen LogP contribution is 2.17. The van der Waals surface area contributed by atoms with Crippen molar-refractivity contribution in [3.8, 4) is 5.75 Å². The van der Waals surface area contributed by atoms with Crippen LogP contribution in [-0.4, -0.2) is 43.5 Å². The normalized spacial score (nSPS) is 10.2. The lowest BCUT2D eigenvalue weighted by molar-refractivity contribution is -0.129. The molecular formula is C22H29N3O3. The van der Waals surface area contributed by atoms with Gasteiger partial charge in [-0.05, 0) is 42.7 Å². The molecule has 0 fully saturated rings. The average molecular weight is 383 g/mol. The lowest BCUT2D eigenvalue weighted by Gasteiger charge is -2.19. The van der Waals surface area contributed by atoms with Gasteiger partial charge in [0.1, 0.15) is 5.75 Å². The Balaban J connectivity index is 1.79. The molecule has 0 radical (unpaired) electrons. The molecule has 2 aromatic rings. The second-order valence-electron chi connectivity index (χ2n) is 6.50. The Labute approximate surface area is 166 Å². The van der Waals surface area contributed by atoms with Crippen molar-refractivity contribution in [1.29, 1.82) is 0 Å². The number of amides is 2. The molecule has 28 heavy (non-hydrogen) atoms. The molecule has 0 aliphatic rings. The molecule has 0 saturated heterocycles. The summed E-state index contributed by atoms with van der Waals surface area (Å²) in [6.07, 6.45) is 0.711. The molecule has 0 atom stereocenters. The van der Waals surface area contributed by atoms with Gasteiger partial charge in [0.05, 0.1) is 13.7 Å². The lowest BCUT2D eigenvalue weighted by atomic mass is 10.1. The van der Waals surface area contributed by atoms with Gasteiger partial charge in [-0.25, -0.2) is 0 Å². The van der Waals surface area contributed by atoms with Crippen LogP contribution in [0.25, 0.3) is 0 Å². The van der Waals surface area contributed by atoms with Crippen molar-refractivity contribution >= 4 is 17.5 Å². The Hall–Kier alpha value is -3.02. The molecule has 2 aromatic carbocycles. The van der Waals surface area contributed by atoms with Crippen molar-refractivity contribution < 1.29 is 14.3 Å². The number of hydrogen-bond donors (Lipinski definition) is 2. The number of anilines is 1. The quantitative estimate of drug-likeness (QED) is 0.662. The second kappa shape index (κ2) is 11.0. The Morgan fingerprint density at radius 1 is 1.11 bits per heavy atom. The van der Waals surface area contributed by atoms with Gasteiger partial charge >= 0.3 is 0 Å². The number of nitrogens with one attached hydrogen (secondary N) is 2. The van der Waals surface area contributed by atoms with E-state index in [0.29, 0.717) is 26.1 Å². The van der Waals surface area contributed by atoms with Crippen LogP contribution in [0.15, 0.2) is 48.5 Å². The van der Waals surface area contributed by atoms with E-state index in [-0.39, 0.29) is 18.4 Å². The van der Waals surface area contributed by atoms with Crippen molar-refractivity contribution in [2.45, 2.75) is 26.8 Å². The molecular weight excluding hydrogens is 354 g/mol. The van der Waals surface area contributed by atoms with E-state index in [2.05, 4.69) is 10.6 Å². The number of benzene rings is 2. The van der Waals surface area contributed by atoms with E-state index >= 15 is 0 Å². The monoisotopic (exact) mass is 383 g/mol. The van der Waals surface area contributed by atoms with E-state index in [1.807, 2.05) is 55.5 Å². The SMILES string of the molecule is CCN(Cc1cccc(NCC(=O)NCCc2ccccc2OC)c1)C(C)=O. The summed E-state index contributed by atoms with van der Waals surface area (Å²) >= 11 is 0. The van der Waals surface area contributed by atoms with Gasteiger partial charge < -0.3 is 20.3 Å². The maximum atomic E-state index is 12.1. The third-order valence-electron chi connectivity index (χ3n) is 4.49. The summed E-state index contributed by atoms with van der Waals surface area (Å²) in [7, 11) is 1.64.